The van der Waals surface area contributed by atoms with Crippen molar-refractivity contribution in [2.75, 3.05) is 0 Å². The molecule has 210 valence electrons. The van der Waals surface area contributed by atoms with Gasteiger partial charge in [0.15, 0.2) is 23.0 Å². The summed E-state index contributed by atoms with van der Waals surface area (Å²) in [7, 11) is 0. The number of benzene rings is 6. The van der Waals surface area contributed by atoms with E-state index in [9.17, 15) is 20.4 Å². The van der Waals surface area contributed by atoms with Crippen LogP contribution in [0.1, 0.15) is 22.3 Å². The first-order chi connectivity index (χ1) is 20.8. The van der Waals surface area contributed by atoms with Crippen LogP contribution >= 0.6 is 45.2 Å². The maximum atomic E-state index is 10.6. The summed E-state index contributed by atoms with van der Waals surface area (Å²) in [6.07, 6.45) is 3.04. The summed E-state index contributed by atoms with van der Waals surface area (Å²) in [6.45, 7) is 0. The number of halogens is 2. The summed E-state index contributed by atoms with van der Waals surface area (Å²) in [5.74, 6) is -1.06. The summed E-state index contributed by atoms with van der Waals surface area (Å²) in [6, 6.07) is 30.3. The molecule has 0 saturated heterocycles. The fraction of sp³-hybridized carbons (Fsp3) is 0.0286. The van der Waals surface area contributed by atoms with Crippen LogP contribution in [-0.2, 0) is 5.66 Å². The van der Waals surface area contributed by atoms with E-state index < -0.39 is 5.66 Å². The van der Waals surface area contributed by atoms with Crippen molar-refractivity contribution in [1.82, 2.24) is 0 Å². The Kier molecular flexibility index (Phi) is 6.77. The summed E-state index contributed by atoms with van der Waals surface area (Å²) in [4.78, 5) is 10.2. The van der Waals surface area contributed by atoms with Crippen LogP contribution in [0.2, 0.25) is 0 Å². The van der Waals surface area contributed by atoms with Crippen molar-refractivity contribution < 1.29 is 20.4 Å². The van der Waals surface area contributed by atoms with Crippen LogP contribution in [0.15, 0.2) is 107 Å². The summed E-state index contributed by atoms with van der Waals surface area (Å²) in [5, 5.41) is 45.8. The maximum Gasteiger partial charge on any atom is 0.202 e. The number of fused-ring (bicyclic) bond motifs is 7. The first-order valence-electron chi connectivity index (χ1n) is 13.3. The van der Waals surface area contributed by atoms with Gasteiger partial charge in [-0.05, 0) is 126 Å². The van der Waals surface area contributed by atoms with E-state index in [0.717, 1.165) is 50.9 Å². The first-order valence-corrected chi connectivity index (χ1v) is 15.5. The van der Waals surface area contributed by atoms with Crippen LogP contribution in [0, 0.1) is 7.14 Å². The molecule has 6 aromatic carbocycles. The Bertz CT molecular complexity index is 2020. The number of phenolic OH excluding ortho intramolecular Hbond substituents is 4. The normalized spacial score (nSPS) is 13.7. The van der Waals surface area contributed by atoms with Gasteiger partial charge < -0.3 is 20.4 Å². The Morgan fingerprint density at radius 2 is 0.977 bits per heavy atom. The van der Waals surface area contributed by atoms with Gasteiger partial charge in [-0.1, -0.05) is 48.5 Å². The fourth-order valence-corrected chi connectivity index (χ4v) is 6.84. The second kappa shape index (κ2) is 10.5. The van der Waals surface area contributed by atoms with Crippen LogP contribution in [0.3, 0.4) is 0 Å². The van der Waals surface area contributed by atoms with Crippen LogP contribution in [0.4, 0.5) is 0 Å². The second-order valence-corrected chi connectivity index (χ2v) is 12.8. The van der Waals surface area contributed by atoms with Crippen molar-refractivity contribution in [3.05, 3.63) is 126 Å². The number of rotatable bonds is 4. The quantitative estimate of drug-likeness (QED) is 0.0818. The Morgan fingerprint density at radius 1 is 0.535 bits per heavy atom. The number of aliphatic imine (C=N–C) groups is 2. The topological polar surface area (TPSA) is 106 Å². The van der Waals surface area contributed by atoms with Crippen molar-refractivity contribution >= 4 is 79.2 Å². The molecular formula is C35H22I2N2O4. The molecule has 0 radical (unpaired) electrons. The molecule has 0 bridgehead atoms. The lowest BCUT2D eigenvalue weighted by atomic mass is 9.94. The van der Waals surface area contributed by atoms with Gasteiger partial charge in [-0.2, -0.15) is 0 Å². The molecule has 4 N–H and O–H groups in total. The molecule has 6 aromatic rings. The number of nitrogens with zero attached hydrogens (tertiary/aromatic N) is 2. The molecule has 0 atom stereocenters. The molecule has 0 unspecified atom stereocenters. The van der Waals surface area contributed by atoms with Crippen LogP contribution < -0.4 is 0 Å². The lowest BCUT2D eigenvalue weighted by molar-refractivity contribution is 0.403. The molecule has 43 heavy (non-hydrogen) atoms. The third kappa shape index (κ3) is 4.51. The molecule has 0 amide bonds. The minimum atomic E-state index is -1.32. The molecule has 0 spiro atoms. The van der Waals surface area contributed by atoms with Gasteiger partial charge >= 0.3 is 0 Å². The first kappa shape index (κ1) is 27.7. The van der Waals surface area contributed by atoms with Gasteiger partial charge in [0.2, 0.25) is 5.66 Å². The lowest BCUT2D eigenvalue weighted by Gasteiger charge is -2.24. The maximum absolute atomic E-state index is 10.6. The zero-order chi connectivity index (χ0) is 29.9. The Hall–Kier alpha value is -4.16. The number of hydrogen-bond acceptors (Lipinski definition) is 6. The second-order valence-electron chi connectivity index (χ2n) is 10.3. The monoisotopic (exact) mass is 788 g/mol. The minimum absolute atomic E-state index is 0.250. The molecule has 8 heteroatoms. The highest BCUT2D eigenvalue weighted by Gasteiger charge is 2.44. The van der Waals surface area contributed by atoms with E-state index in [4.69, 9.17) is 9.98 Å². The molecule has 7 rings (SSSR count). The molecule has 6 nitrogen and oxygen atoms in total. The lowest BCUT2D eigenvalue weighted by Crippen LogP contribution is -2.21. The highest BCUT2D eigenvalue weighted by atomic mass is 127. The van der Waals surface area contributed by atoms with E-state index in [2.05, 4.69) is 93.7 Å². The third-order valence-corrected chi connectivity index (χ3v) is 9.18. The minimum Gasteiger partial charge on any atom is -0.504 e. The van der Waals surface area contributed by atoms with Crippen molar-refractivity contribution in [1.29, 1.82) is 0 Å². The SMILES string of the molecule is Oc1cccc(/C=N/C2(/N=C/c3cccc(O)c3O)c3ccc4cc(I)ccc4c3-c3c2ccc2cc(I)ccc32)c1O. The van der Waals surface area contributed by atoms with Crippen molar-refractivity contribution in [3.63, 3.8) is 0 Å². The van der Waals surface area contributed by atoms with E-state index in [1.807, 2.05) is 12.1 Å². The average Bonchev–Trinajstić information content (AvgIpc) is 3.28. The number of hydrogen-bond donors (Lipinski definition) is 4. The zero-order valence-corrected chi connectivity index (χ0v) is 26.6. The van der Waals surface area contributed by atoms with E-state index in [1.54, 1.807) is 24.3 Å². The fourth-order valence-electron chi connectivity index (χ4n) is 5.81. The van der Waals surface area contributed by atoms with Crippen molar-refractivity contribution in [3.8, 4) is 34.1 Å². The van der Waals surface area contributed by atoms with Crippen molar-refractivity contribution in [2.24, 2.45) is 9.98 Å². The van der Waals surface area contributed by atoms with Gasteiger partial charge in [-0.25, -0.2) is 0 Å². The largest absolute Gasteiger partial charge is 0.504 e. The molecule has 0 fully saturated rings. The van der Waals surface area contributed by atoms with Crippen molar-refractivity contribution in [2.45, 2.75) is 5.66 Å². The molecular weight excluding hydrogens is 766 g/mol. The molecule has 0 aromatic heterocycles. The molecule has 1 aliphatic carbocycles. The van der Waals surface area contributed by atoms with E-state index in [0.29, 0.717) is 11.1 Å². The van der Waals surface area contributed by atoms with Gasteiger partial charge in [0.25, 0.3) is 0 Å². The van der Waals surface area contributed by atoms with Gasteiger partial charge in [0.1, 0.15) is 0 Å². The summed E-state index contributed by atoms with van der Waals surface area (Å²) < 4.78 is 2.24. The summed E-state index contributed by atoms with van der Waals surface area (Å²) in [5.41, 5.74) is 3.00. The Labute approximate surface area is 274 Å². The van der Waals surface area contributed by atoms with E-state index in [1.165, 1.54) is 24.6 Å². The molecule has 0 saturated carbocycles. The number of para-hydroxylation sites is 2. The average molecular weight is 788 g/mol. The zero-order valence-electron chi connectivity index (χ0n) is 22.3. The van der Waals surface area contributed by atoms with Gasteiger partial charge in [-0.15, -0.1) is 0 Å². The number of aromatic hydroxyl groups is 4. The third-order valence-electron chi connectivity index (χ3n) is 7.84. The van der Waals surface area contributed by atoms with Crippen LogP contribution in [0.25, 0.3) is 32.7 Å². The van der Waals surface area contributed by atoms with Gasteiger partial charge in [-0.3, -0.25) is 9.98 Å². The number of phenols is 4. The van der Waals surface area contributed by atoms with Gasteiger partial charge in [0, 0.05) is 41.8 Å². The Morgan fingerprint density at radius 3 is 1.42 bits per heavy atom. The van der Waals surface area contributed by atoms with Gasteiger partial charge in [0.05, 0.1) is 0 Å². The summed E-state index contributed by atoms with van der Waals surface area (Å²) >= 11 is 4.63. The highest BCUT2D eigenvalue weighted by molar-refractivity contribution is 14.1. The predicted molar refractivity (Wildman–Crippen MR) is 188 cm³/mol. The van der Waals surface area contributed by atoms with Crippen LogP contribution in [0.5, 0.6) is 23.0 Å². The molecule has 0 aliphatic heterocycles. The van der Waals surface area contributed by atoms with E-state index >= 15 is 0 Å². The van der Waals surface area contributed by atoms with Crippen LogP contribution in [-0.4, -0.2) is 32.9 Å². The molecule has 1 aliphatic rings. The smallest absolute Gasteiger partial charge is 0.202 e. The Balaban J connectivity index is 1.60. The van der Waals surface area contributed by atoms with E-state index in [-0.39, 0.29) is 23.0 Å². The highest BCUT2D eigenvalue weighted by Crippen LogP contribution is 2.55. The molecule has 0 heterocycles. The standard InChI is InChI=1S/C35H22I2N2O4/c36-23-9-11-25-19(15-23)7-13-27-31(25)32-26-12-10-24(37)16-20(26)8-14-28(32)35(27,38-17-21-3-1-5-29(40)33(21)42)39-18-22-4-2-6-30(41)34(22)43/h1-18,40-43H/b38-17+,39-18+. The predicted octanol–water partition coefficient (Wildman–Crippen LogP) is 8.44.